The molecule has 0 amide bonds. The number of rotatable bonds is 2. The monoisotopic (exact) mass is 286 g/mol. The van der Waals surface area contributed by atoms with Gasteiger partial charge in [0.25, 0.3) is 0 Å². The second-order valence-electron chi connectivity index (χ2n) is 6.18. The molecule has 2 aliphatic heterocycles. The van der Waals surface area contributed by atoms with Gasteiger partial charge in [0.15, 0.2) is 0 Å². The van der Waals surface area contributed by atoms with Crippen molar-refractivity contribution in [3.8, 4) is 0 Å². The number of hydrogen-bond donors (Lipinski definition) is 2. The molecule has 0 bridgehead atoms. The van der Waals surface area contributed by atoms with Crippen LogP contribution in [0.15, 0.2) is 23.0 Å². The standard InChI is InChI=1S/C16H22N4O/c21-16-18-14-4-3-13(19-9-1-2-10-19)11-15(14)20(16)12-5-7-17-8-6-12/h3-4,11-12,17H,1-2,5-10H2,(H,18,21). The lowest BCUT2D eigenvalue weighted by atomic mass is 10.1. The van der Waals surface area contributed by atoms with Crippen LogP contribution in [0.1, 0.15) is 31.7 Å². The first-order valence-corrected chi connectivity index (χ1v) is 8.03. The number of piperidine rings is 1. The number of fused-ring (bicyclic) bond motifs is 1. The van der Waals surface area contributed by atoms with E-state index in [1.165, 1.54) is 18.5 Å². The molecule has 4 rings (SSSR count). The van der Waals surface area contributed by atoms with Gasteiger partial charge in [-0.3, -0.25) is 4.57 Å². The minimum atomic E-state index is 0.0375. The summed E-state index contributed by atoms with van der Waals surface area (Å²) in [5, 5.41) is 3.37. The molecule has 5 nitrogen and oxygen atoms in total. The van der Waals surface area contributed by atoms with E-state index in [4.69, 9.17) is 0 Å². The number of aromatic nitrogens is 2. The van der Waals surface area contributed by atoms with Crippen LogP contribution in [0.5, 0.6) is 0 Å². The van der Waals surface area contributed by atoms with E-state index in [0.717, 1.165) is 50.1 Å². The maximum Gasteiger partial charge on any atom is 0.326 e. The van der Waals surface area contributed by atoms with Crippen LogP contribution < -0.4 is 15.9 Å². The van der Waals surface area contributed by atoms with E-state index >= 15 is 0 Å². The van der Waals surface area contributed by atoms with Gasteiger partial charge in [-0.2, -0.15) is 0 Å². The second-order valence-corrected chi connectivity index (χ2v) is 6.18. The van der Waals surface area contributed by atoms with Crippen molar-refractivity contribution in [3.63, 3.8) is 0 Å². The van der Waals surface area contributed by atoms with E-state index in [1.807, 2.05) is 4.57 Å². The molecule has 2 aliphatic rings. The number of H-pyrrole nitrogens is 1. The Kier molecular flexibility index (Phi) is 3.22. The minimum Gasteiger partial charge on any atom is -0.371 e. The molecule has 2 aromatic rings. The largest absolute Gasteiger partial charge is 0.371 e. The summed E-state index contributed by atoms with van der Waals surface area (Å²) >= 11 is 0. The number of imidazole rings is 1. The molecule has 0 atom stereocenters. The Hall–Kier alpha value is -1.75. The van der Waals surface area contributed by atoms with Crippen LogP contribution in [0.2, 0.25) is 0 Å². The fourth-order valence-corrected chi connectivity index (χ4v) is 3.71. The summed E-state index contributed by atoms with van der Waals surface area (Å²) in [5.41, 5.74) is 3.31. The molecule has 2 fully saturated rings. The molecule has 21 heavy (non-hydrogen) atoms. The number of nitrogens with one attached hydrogen (secondary N) is 2. The SMILES string of the molecule is O=c1[nH]c2ccc(N3CCCC3)cc2n1C1CCNCC1. The van der Waals surface area contributed by atoms with Crippen molar-refractivity contribution in [2.24, 2.45) is 0 Å². The summed E-state index contributed by atoms with van der Waals surface area (Å²) in [4.78, 5) is 17.8. The van der Waals surface area contributed by atoms with Gasteiger partial charge < -0.3 is 15.2 Å². The maximum absolute atomic E-state index is 12.3. The van der Waals surface area contributed by atoms with Gasteiger partial charge in [-0.15, -0.1) is 0 Å². The molecule has 1 aromatic carbocycles. The normalized spacial score (nSPS) is 20.5. The predicted octanol–water partition coefficient (Wildman–Crippen LogP) is 1.85. The van der Waals surface area contributed by atoms with Gasteiger partial charge in [0.05, 0.1) is 11.0 Å². The van der Waals surface area contributed by atoms with Gasteiger partial charge in [0.2, 0.25) is 0 Å². The summed E-state index contributed by atoms with van der Waals surface area (Å²) in [5.74, 6) is 0. The van der Waals surface area contributed by atoms with Crippen LogP contribution in [0.25, 0.3) is 11.0 Å². The average Bonchev–Trinajstić information content (AvgIpc) is 3.14. The van der Waals surface area contributed by atoms with Crippen molar-refractivity contribution in [1.82, 2.24) is 14.9 Å². The minimum absolute atomic E-state index is 0.0375. The summed E-state index contributed by atoms with van der Waals surface area (Å²) < 4.78 is 1.98. The number of nitrogens with zero attached hydrogens (tertiary/aromatic N) is 2. The number of aromatic amines is 1. The Morgan fingerprint density at radius 2 is 1.86 bits per heavy atom. The fraction of sp³-hybridized carbons (Fsp3) is 0.562. The molecule has 5 heteroatoms. The number of hydrogen-bond acceptors (Lipinski definition) is 3. The molecule has 2 saturated heterocycles. The van der Waals surface area contributed by atoms with Gasteiger partial charge in [-0.05, 0) is 57.0 Å². The average molecular weight is 286 g/mol. The summed E-state index contributed by atoms with van der Waals surface area (Å²) in [7, 11) is 0. The van der Waals surface area contributed by atoms with Gasteiger partial charge in [0.1, 0.15) is 0 Å². The zero-order valence-corrected chi connectivity index (χ0v) is 12.3. The molecule has 0 spiro atoms. The first-order chi connectivity index (χ1) is 10.3. The highest BCUT2D eigenvalue weighted by Gasteiger charge is 2.20. The third kappa shape index (κ3) is 2.25. The molecule has 3 heterocycles. The van der Waals surface area contributed by atoms with Crippen molar-refractivity contribution in [3.05, 3.63) is 28.7 Å². The Balaban J connectivity index is 1.79. The zero-order valence-electron chi connectivity index (χ0n) is 12.3. The summed E-state index contributed by atoms with van der Waals surface area (Å²) in [6.45, 7) is 4.26. The van der Waals surface area contributed by atoms with E-state index in [2.05, 4.69) is 33.4 Å². The Bertz CT molecular complexity index is 690. The lowest BCUT2D eigenvalue weighted by Gasteiger charge is -2.24. The van der Waals surface area contributed by atoms with E-state index in [1.54, 1.807) is 0 Å². The highest BCUT2D eigenvalue weighted by Crippen LogP contribution is 2.27. The molecule has 1 aromatic heterocycles. The smallest absolute Gasteiger partial charge is 0.326 e. The van der Waals surface area contributed by atoms with Crippen LogP contribution in [0, 0.1) is 0 Å². The van der Waals surface area contributed by atoms with Crippen LogP contribution >= 0.6 is 0 Å². The van der Waals surface area contributed by atoms with Crippen LogP contribution in [-0.2, 0) is 0 Å². The first kappa shape index (κ1) is 13.0. The van der Waals surface area contributed by atoms with Gasteiger partial charge in [-0.1, -0.05) is 0 Å². The molecule has 2 N–H and O–H groups in total. The highest BCUT2D eigenvalue weighted by atomic mass is 16.1. The third-order valence-electron chi connectivity index (χ3n) is 4.85. The Morgan fingerprint density at radius 3 is 2.62 bits per heavy atom. The van der Waals surface area contributed by atoms with Crippen LogP contribution in [0.3, 0.4) is 0 Å². The Morgan fingerprint density at radius 1 is 1.10 bits per heavy atom. The van der Waals surface area contributed by atoms with Gasteiger partial charge in [0, 0.05) is 24.8 Å². The van der Waals surface area contributed by atoms with Crippen molar-refractivity contribution in [2.45, 2.75) is 31.7 Å². The van der Waals surface area contributed by atoms with Crippen molar-refractivity contribution in [1.29, 1.82) is 0 Å². The summed E-state index contributed by atoms with van der Waals surface area (Å²) in [6.07, 6.45) is 4.60. The van der Waals surface area contributed by atoms with E-state index in [9.17, 15) is 4.79 Å². The molecule has 0 aliphatic carbocycles. The van der Waals surface area contributed by atoms with Gasteiger partial charge in [-0.25, -0.2) is 4.79 Å². The Labute approximate surface area is 123 Å². The van der Waals surface area contributed by atoms with Crippen molar-refractivity contribution >= 4 is 16.7 Å². The third-order valence-corrected chi connectivity index (χ3v) is 4.85. The molecular weight excluding hydrogens is 264 g/mol. The lowest BCUT2D eigenvalue weighted by molar-refractivity contribution is 0.368. The maximum atomic E-state index is 12.3. The fourth-order valence-electron chi connectivity index (χ4n) is 3.71. The van der Waals surface area contributed by atoms with Gasteiger partial charge >= 0.3 is 5.69 Å². The zero-order chi connectivity index (χ0) is 14.2. The lowest BCUT2D eigenvalue weighted by Crippen LogP contribution is -2.33. The van der Waals surface area contributed by atoms with E-state index < -0.39 is 0 Å². The molecular formula is C16H22N4O. The quantitative estimate of drug-likeness (QED) is 0.886. The second kappa shape index (κ2) is 5.22. The number of anilines is 1. The van der Waals surface area contributed by atoms with E-state index in [0.29, 0.717) is 6.04 Å². The predicted molar refractivity (Wildman–Crippen MR) is 85.1 cm³/mol. The summed E-state index contributed by atoms with van der Waals surface area (Å²) in [6, 6.07) is 6.71. The molecule has 0 radical (unpaired) electrons. The molecule has 0 saturated carbocycles. The highest BCUT2D eigenvalue weighted by molar-refractivity contribution is 5.80. The van der Waals surface area contributed by atoms with Crippen LogP contribution in [0.4, 0.5) is 5.69 Å². The topological polar surface area (TPSA) is 53.1 Å². The molecule has 112 valence electrons. The van der Waals surface area contributed by atoms with Crippen molar-refractivity contribution < 1.29 is 0 Å². The van der Waals surface area contributed by atoms with Crippen molar-refractivity contribution in [2.75, 3.05) is 31.1 Å². The van der Waals surface area contributed by atoms with E-state index in [-0.39, 0.29) is 5.69 Å². The van der Waals surface area contributed by atoms with Crippen LogP contribution in [-0.4, -0.2) is 35.7 Å². The first-order valence-electron chi connectivity index (χ1n) is 8.03. The molecule has 0 unspecified atom stereocenters. The number of benzene rings is 1.